The minimum absolute atomic E-state index is 0.0988. The number of aliphatic hydroxyl groups excluding tert-OH is 1. The average molecular weight is 653 g/mol. The van der Waals surface area contributed by atoms with E-state index in [4.69, 9.17) is 19.3 Å². The monoisotopic (exact) mass is 652 g/mol. The maximum absolute atomic E-state index is 12.3. The number of rotatable bonds is 16. The number of carboxylic acids is 2. The van der Waals surface area contributed by atoms with Gasteiger partial charge >= 0.3 is 17.9 Å². The number of hydrogen-bond donors (Lipinski definition) is 4. The topological polar surface area (TPSA) is 160 Å². The zero-order chi connectivity index (χ0) is 34.7. The van der Waals surface area contributed by atoms with Crippen LogP contribution in [0.1, 0.15) is 44.3 Å². The zero-order valence-electron chi connectivity index (χ0n) is 26.3. The molecule has 0 aliphatic carbocycles. The molecular weight excluding hydrogens is 616 g/mol. The molecule has 1 atom stereocenters. The maximum Gasteiger partial charge on any atom is 0.335 e. The smallest absolute Gasteiger partial charge is 0.335 e. The molecule has 0 radical (unpaired) electrons. The van der Waals surface area contributed by atoms with Crippen LogP contribution in [-0.2, 0) is 24.8 Å². The van der Waals surface area contributed by atoms with Crippen molar-refractivity contribution in [3.05, 3.63) is 131 Å². The van der Waals surface area contributed by atoms with Crippen molar-refractivity contribution in [2.45, 2.75) is 12.7 Å². The Morgan fingerprint density at radius 2 is 1.29 bits per heavy atom. The summed E-state index contributed by atoms with van der Waals surface area (Å²) in [6.45, 7) is 4.99. The number of benzene rings is 4. The lowest BCUT2D eigenvalue weighted by molar-refractivity contribution is -0.233. The third-order valence-electron chi connectivity index (χ3n) is 7.29. The van der Waals surface area contributed by atoms with Gasteiger partial charge in [-0.05, 0) is 70.6 Å². The van der Waals surface area contributed by atoms with E-state index in [1.165, 1.54) is 31.2 Å². The van der Waals surface area contributed by atoms with E-state index in [0.717, 1.165) is 33.4 Å². The average Bonchev–Trinajstić information content (AvgIpc) is 3.09. The lowest BCUT2D eigenvalue weighted by atomic mass is 9.93. The van der Waals surface area contributed by atoms with Crippen molar-refractivity contribution < 1.29 is 49.0 Å². The molecule has 4 aromatic rings. The van der Waals surface area contributed by atoms with E-state index in [1.807, 2.05) is 30.4 Å². The molecule has 0 saturated heterocycles. The predicted molar refractivity (Wildman–Crippen MR) is 180 cm³/mol. The van der Waals surface area contributed by atoms with Crippen LogP contribution in [0, 0.1) is 0 Å². The third-order valence-corrected chi connectivity index (χ3v) is 7.29. The van der Waals surface area contributed by atoms with E-state index in [0.29, 0.717) is 0 Å². The molecule has 4 aromatic carbocycles. The van der Waals surface area contributed by atoms with Crippen LogP contribution < -0.4 is 0 Å². The molecular formula is C38H36O10. The number of hydrogen-bond acceptors (Lipinski definition) is 8. The summed E-state index contributed by atoms with van der Waals surface area (Å²) in [6.07, 6.45) is 3.76. The minimum atomic E-state index is -2.09. The van der Waals surface area contributed by atoms with Gasteiger partial charge in [-0.3, -0.25) is 0 Å². The van der Waals surface area contributed by atoms with Gasteiger partial charge in [-0.1, -0.05) is 79.4 Å². The highest BCUT2D eigenvalue weighted by Gasteiger charge is 2.34. The van der Waals surface area contributed by atoms with Gasteiger partial charge < -0.3 is 34.6 Å². The van der Waals surface area contributed by atoms with E-state index < -0.39 is 23.7 Å². The van der Waals surface area contributed by atoms with Gasteiger partial charge in [0, 0.05) is 11.1 Å². The van der Waals surface area contributed by atoms with E-state index in [9.17, 15) is 29.7 Å². The summed E-state index contributed by atoms with van der Waals surface area (Å²) in [5, 5.41) is 38.8. The predicted octanol–water partition coefficient (Wildman–Crippen LogP) is 5.88. The summed E-state index contributed by atoms with van der Waals surface area (Å²) in [5.41, 5.74) is 5.59. The van der Waals surface area contributed by atoms with Crippen molar-refractivity contribution in [1.29, 1.82) is 0 Å². The van der Waals surface area contributed by atoms with Crippen molar-refractivity contribution in [3.63, 3.8) is 0 Å². The first-order valence-corrected chi connectivity index (χ1v) is 15.0. The maximum atomic E-state index is 12.3. The van der Waals surface area contributed by atoms with Gasteiger partial charge in [-0.2, -0.15) is 0 Å². The molecule has 0 fully saturated rings. The largest absolute Gasteiger partial charge is 0.478 e. The van der Waals surface area contributed by atoms with Crippen LogP contribution in [-0.4, -0.2) is 71.4 Å². The van der Waals surface area contributed by atoms with Gasteiger partial charge in [0.25, 0.3) is 5.79 Å². The van der Waals surface area contributed by atoms with Crippen LogP contribution in [0.4, 0.5) is 0 Å². The lowest BCUT2D eigenvalue weighted by Gasteiger charge is -2.28. The molecule has 1 unspecified atom stereocenters. The Hall–Kier alpha value is -5.39. The van der Waals surface area contributed by atoms with Crippen LogP contribution in [0.2, 0.25) is 0 Å². The van der Waals surface area contributed by atoms with Gasteiger partial charge in [0.05, 0.1) is 37.6 Å². The first-order valence-electron chi connectivity index (χ1n) is 15.0. The van der Waals surface area contributed by atoms with Crippen LogP contribution in [0.3, 0.4) is 0 Å². The van der Waals surface area contributed by atoms with Gasteiger partial charge in [0.15, 0.2) is 0 Å². The third kappa shape index (κ3) is 9.34. The van der Waals surface area contributed by atoms with Gasteiger partial charge in [0.2, 0.25) is 0 Å². The fourth-order valence-corrected chi connectivity index (χ4v) is 4.68. The minimum Gasteiger partial charge on any atom is -0.478 e. The summed E-state index contributed by atoms with van der Waals surface area (Å²) in [4.78, 5) is 35.1. The molecule has 0 saturated carbocycles. The van der Waals surface area contributed by atoms with Crippen molar-refractivity contribution in [2.24, 2.45) is 0 Å². The standard InChI is InChI=1S/C38H36O10/c1-25(2)37(44)48-38(45,24-47-22-21-46-20-19-39)33-17-4-26(5-18-33)3-6-28-11-16-32(27-7-12-30(13-8-27)35(40)41)23-34(28)29-9-14-31(15-10-29)36(42)43/h3-18,23,39,45H,1,19-22,24H2,2H3,(H,40,41)(H,42,43)/b6-3+. The molecule has 248 valence electrons. The lowest BCUT2D eigenvalue weighted by Crippen LogP contribution is -2.37. The Bertz CT molecular complexity index is 1770. The van der Waals surface area contributed by atoms with Crippen LogP contribution in [0.15, 0.2) is 103 Å². The van der Waals surface area contributed by atoms with E-state index in [2.05, 4.69) is 6.58 Å². The van der Waals surface area contributed by atoms with Crippen LogP contribution >= 0.6 is 0 Å². The molecule has 0 heterocycles. The highest BCUT2D eigenvalue weighted by molar-refractivity contribution is 5.91. The number of carbonyl (C=O) groups excluding carboxylic acids is 1. The molecule has 0 aliphatic rings. The van der Waals surface area contributed by atoms with Gasteiger partial charge in [-0.25, -0.2) is 14.4 Å². The van der Waals surface area contributed by atoms with Gasteiger partial charge in [-0.15, -0.1) is 0 Å². The number of carbonyl (C=O) groups is 3. The first kappa shape index (κ1) is 35.5. The fourth-order valence-electron chi connectivity index (χ4n) is 4.68. The Kier molecular flexibility index (Phi) is 12.1. The van der Waals surface area contributed by atoms with Crippen molar-refractivity contribution in [2.75, 3.05) is 33.0 Å². The number of aliphatic hydroxyl groups is 2. The number of aromatic carboxylic acids is 2. The number of esters is 1. The summed E-state index contributed by atoms with van der Waals surface area (Å²) in [5.74, 6) is -4.92. The fraction of sp³-hybridized carbons (Fsp3) is 0.184. The Balaban J connectivity index is 1.62. The summed E-state index contributed by atoms with van der Waals surface area (Å²) in [6, 6.07) is 25.6. The Labute approximate surface area is 277 Å². The highest BCUT2D eigenvalue weighted by Crippen LogP contribution is 2.32. The molecule has 0 aromatic heterocycles. The summed E-state index contributed by atoms with van der Waals surface area (Å²) >= 11 is 0. The summed E-state index contributed by atoms with van der Waals surface area (Å²) in [7, 11) is 0. The van der Waals surface area contributed by atoms with Crippen molar-refractivity contribution >= 4 is 30.1 Å². The molecule has 48 heavy (non-hydrogen) atoms. The second-order valence-electron chi connectivity index (χ2n) is 10.9. The second kappa shape index (κ2) is 16.4. The molecule has 0 spiro atoms. The van der Waals surface area contributed by atoms with E-state index >= 15 is 0 Å². The zero-order valence-corrected chi connectivity index (χ0v) is 26.3. The van der Waals surface area contributed by atoms with Crippen LogP contribution in [0.5, 0.6) is 0 Å². The van der Waals surface area contributed by atoms with Crippen molar-refractivity contribution in [3.8, 4) is 22.3 Å². The Morgan fingerprint density at radius 1 is 0.729 bits per heavy atom. The molecule has 4 rings (SSSR count). The Morgan fingerprint density at radius 3 is 1.85 bits per heavy atom. The quantitative estimate of drug-likeness (QED) is 0.0379. The van der Waals surface area contributed by atoms with Crippen molar-refractivity contribution in [1.82, 2.24) is 0 Å². The van der Waals surface area contributed by atoms with Gasteiger partial charge in [0.1, 0.15) is 6.61 Å². The van der Waals surface area contributed by atoms with E-state index in [-0.39, 0.29) is 55.3 Å². The summed E-state index contributed by atoms with van der Waals surface area (Å²) < 4.78 is 16.0. The van der Waals surface area contributed by atoms with Crippen LogP contribution in [0.25, 0.3) is 34.4 Å². The molecule has 10 nitrogen and oxygen atoms in total. The molecule has 0 aliphatic heterocycles. The number of carboxylic acid groups (broad SMARTS) is 2. The molecule has 4 N–H and O–H groups in total. The first-order chi connectivity index (χ1) is 23.0. The molecule has 0 bridgehead atoms. The normalized spacial score (nSPS) is 12.4. The number of ether oxygens (including phenoxy) is 3. The highest BCUT2D eigenvalue weighted by atomic mass is 16.7. The molecule has 0 amide bonds. The second-order valence-corrected chi connectivity index (χ2v) is 10.9. The van der Waals surface area contributed by atoms with E-state index in [1.54, 1.807) is 48.5 Å². The molecule has 10 heteroatoms. The SMILES string of the molecule is C=C(C)C(=O)OC(O)(COCCOCCO)c1ccc(/C=C/c2ccc(-c3ccc(C(=O)O)cc3)cc2-c2ccc(C(=O)O)cc2)cc1.